The van der Waals surface area contributed by atoms with Crippen molar-refractivity contribution < 1.29 is 9.90 Å². The van der Waals surface area contributed by atoms with Crippen LogP contribution in [0.2, 0.25) is 0 Å². The van der Waals surface area contributed by atoms with Crippen LogP contribution in [-0.2, 0) is 4.79 Å². The van der Waals surface area contributed by atoms with Crippen LogP contribution in [0, 0.1) is 5.92 Å². The van der Waals surface area contributed by atoms with Crippen molar-refractivity contribution in [3.05, 3.63) is 24.3 Å². The fourth-order valence-electron chi connectivity index (χ4n) is 1.22. The summed E-state index contributed by atoms with van der Waals surface area (Å²) in [5, 5.41) is 8.45. The summed E-state index contributed by atoms with van der Waals surface area (Å²) in [6.07, 6.45) is 7.16. The second kappa shape index (κ2) is 7.36. The van der Waals surface area contributed by atoms with Crippen LogP contribution in [0.4, 0.5) is 0 Å². The summed E-state index contributed by atoms with van der Waals surface area (Å²) in [6, 6.07) is 0. The first kappa shape index (κ1) is 12.9. The van der Waals surface area contributed by atoms with Crippen LogP contribution < -0.4 is 0 Å². The van der Waals surface area contributed by atoms with Gasteiger partial charge in [-0.3, -0.25) is 4.79 Å². The van der Waals surface area contributed by atoms with Gasteiger partial charge >= 0.3 is 5.97 Å². The molecule has 1 atom stereocenters. The molecule has 0 saturated carbocycles. The molecule has 2 heteroatoms. The molecular weight excluding hydrogens is 176 g/mol. The zero-order valence-electron chi connectivity index (χ0n) is 9.12. The van der Waals surface area contributed by atoms with Crippen molar-refractivity contribution in [3.8, 4) is 0 Å². The highest BCUT2D eigenvalue weighted by Gasteiger charge is 2.01. The number of carbonyl (C=O) groups is 1. The molecule has 14 heavy (non-hydrogen) atoms. The lowest BCUT2D eigenvalue weighted by Crippen LogP contribution is -1.98. The highest BCUT2D eigenvalue weighted by Crippen LogP contribution is 2.12. The minimum atomic E-state index is -0.699. The van der Waals surface area contributed by atoms with Crippen molar-refractivity contribution in [2.75, 3.05) is 0 Å². The van der Waals surface area contributed by atoms with Gasteiger partial charge in [0.25, 0.3) is 0 Å². The molecule has 80 valence electrons. The Bertz CT molecular complexity index is 216. The van der Waals surface area contributed by atoms with Gasteiger partial charge < -0.3 is 5.11 Å². The third-order valence-corrected chi connectivity index (χ3v) is 2.03. The SMILES string of the molecule is C=C(C)/C=C/CC(C)CCCC(=O)O. The van der Waals surface area contributed by atoms with Gasteiger partial charge in [0, 0.05) is 6.42 Å². The smallest absolute Gasteiger partial charge is 0.303 e. The monoisotopic (exact) mass is 196 g/mol. The predicted octanol–water partition coefficient (Wildman–Crippen LogP) is 3.40. The molecule has 0 saturated heterocycles. The number of carboxylic acid groups (broad SMARTS) is 1. The van der Waals surface area contributed by atoms with Crippen molar-refractivity contribution in [2.24, 2.45) is 5.92 Å². The van der Waals surface area contributed by atoms with E-state index in [2.05, 4.69) is 19.6 Å². The van der Waals surface area contributed by atoms with Gasteiger partial charge in [0.1, 0.15) is 0 Å². The Kier molecular flexibility index (Phi) is 6.81. The maximum absolute atomic E-state index is 10.3. The molecule has 0 rings (SSSR count). The minimum Gasteiger partial charge on any atom is -0.481 e. The number of carboxylic acids is 1. The molecule has 1 N–H and O–H groups in total. The van der Waals surface area contributed by atoms with Gasteiger partial charge in [-0.2, -0.15) is 0 Å². The van der Waals surface area contributed by atoms with E-state index in [1.807, 2.05) is 13.0 Å². The summed E-state index contributed by atoms with van der Waals surface area (Å²) in [6.45, 7) is 7.88. The van der Waals surface area contributed by atoms with Gasteiger partial charge in [-0.1, -0.05) is 31.2 Å². The van der Waals surface area contributed by atoms with Crippen LogP contribution in [-0.4, -0.2) is 11.1 Å². The van der Waals surface area contributed by atoms with Crippen molar-refractivity contribution in [1.29, 1.82) is 0 Å². The van der Waals surface area contributed by atoms with Crippen molar-refractivity contribution in [3.63, 3.8) is 0 Å². The average molecular weight is 196 g/mol. The molecule has 1 unspecified atom stereocenters. The maximum Gasteiger partial charge on any atom is 0.303 e. The lowest BCUT2D eigenvalue weighted by atomic mass is 10.00. The Morgan fingerprint density at radius 2 is 2.21 bits per heavy atom. The Hall–Kier alpha value is -1.05. The van der Waals surface area contributed by atoms with E-state index in [9.17, 15) is 4.79 Å². The fourth-order valence-corrected chi connectivity index (χ4v) is 1.22. The molecule has 0 radical (unpaired) electrons. The molecule has 0 aromatic carbocycles. The van der Waals surface area contributed by atoms with Gasteiger partial charge in [0.2, 0.25) is 0 Å². The van der Waals surface area contributed by atoms with Crippen LogP contribution in [0.5, 0.6) is 0 Å². The third-order valence-electron chi connectivity index (χ3n) is 2.03. The second-order valence-electron chi connectivity index (χ2n) is 3.88. The van der Waals surface area contributed by atoms with Gasteiger partial charge in [0.05, 0.1) is 0 Å². The Balaban J connectivity index is 3.50. The van der Waals surface area contributed by atoms with Crippen LogP contribution in [0.15, 0.2) is 24.3 Å². The normalized spacial score (nSPS) is 13.0. The lowest BCUT2D eigenvalue weighted by molar-refractivity contribution is -0.137. The molecular formula is C12H20O2. The standard InChI is InChI=1S/C12H20O2/c1-10(2)6-4-7-11(3)8-5-9-12(13)14/h4,6,11H,1,5,7-9H2,2-3H3,(H,13,14)/b6-4+. The number of hydrogen-bond acceptors (Lipinski definition) is 1. The predicted molar refractivity (Wildman–Crippen MR) is 59.2 cm³/mol. The summed E-state index contributed by atoms with van der Waals surface area (Å²) in [5.41, 5.74) is 1.06. The van der Waals surface area contributed by atoms with E-state index < -0.39 is 5.97 Å². The summed E-state index contributed by atoms with van der Waals surface area (Å²) in [5.74, 6) is -0.139. The van der Waals surface area contributed by atoms with E-state index in [0.717, 1.165) is 24.8 Å². The fraction of sp³-hybridized carbons (Fsp3) is 0.583. The van der Waals surface area contributed by atoms with Crippen LogP contribution in [0.25, 0.3) is 0 Å². The van der Waals surface area contributed by atoms with Gasteiger partial charge in [-0.25, -0.2) is 0 Å². The van der Waals surface area contributed by atoms with Crippen LogP contribution in [0.1, 0.15) is 39.5 Å². The Morgan fingerprint density at radius 3 is 2.71 bits per heavy atom. The van der Waals surface area contributed by atoms with E-state index in [1.165, 1.54) is 0 Å². The highest BCUT2D eigenvalue weighted by atomic mass is 16.4. The first-order valence-electron chi connectivity index (χ1n) is 5.06. The molecule has 0 amide bonds. The molecule has 0 aliphatic carbocycles. The Morgan fingerprint density at radius 1 is 1.57 bits per heavy atom. The van der Waals surface area contributed by atoms with E-state index in [0.29, 0.717) is 5.92 Å². The van der Waals surface area contributed by atoms with Gasteiger partial charge in [-0.05, 0) is 32.1 Å². The summed E-state index contributed by atoms with van der Waals surface area (Å²) in [7, 11) is 0. The van der Waals surface area contributed by atoms with Crippen molar-refractivity contribution in [2.45, 2.75) is 39.5 Å². The quantitative estimate of drug-likeness (QED) is 0.634. The molecule has 0 aliphatic heterocycles. The van der Waals surface area contributed by atoms with Crippen LogP contribution in [0.3, 0.4) is 0 Å². The third kappa shape index (κ3) is 9.04. The van der Waals surface area contributed by atoms with E-state index in [1.54, 1.807) is 0 Å². The van der Waals surface area contributed by atoms with Crippen molar-refractivity contribution in [1.82, 2.24) is 0 Å². The van der Waals surface area contributed by atoms with E-state index in [4.69, 9.17) is 5.11 Å². The highest BCUT2D eigenvalue weighted by molar-refractivity contribution is 5.66. The zero-order valence-corrected chi connectivity index (χ0v) is 9.12. The van der Waals surface area contributed by atoms with E-state index in [-0.39, 0.29) is 6.42 Å². The second-order valence-corrected chi connectivity index (χ2v) is 3.88. The zero-order chi connectivity index (χ0) is 11.0. The molecule has 0 aromatic rings. The molecule has 0 bridgehead atoms. The molecule has 0 spiro atoms. The molecule has 0 aliphatic rings. The van der Waals surface area contributed by atoms with Crippen LogP contribution >= 0.6 is 0 Å². The van der Waals surface area contributed by atoms with Gasteiger partial charge in [0.15, 0.2) is 0 Å². The average Bonchev–Trinajstić information content (AvgIpc) is 2.02. The Labute approximate surface area is 86.3 Å². The van der Waals surface area contributed by atoms with Gasteiger partial charge in [-0.15, -0.1) is 0 Å². The molecule has 0 aromatic heterocycles. The van der Waals surface area contributed by atoms with E-state index >= 15 is 0 Å². The maximum atomic E-state index is 10.3. The largest absolute Gasteiger partial charge is 0.481 e. The molecule has 2 nitrogen and oxygen atoms in total. The molecule has 0 fully saturated rings. The number of allylic oxidation sites excluding steroid dienone is 3. The number of rotatable bonds is 7. The van der Waals surface area contributed by atoms with Crippen molar-refractivity contribution >= 4 is 5.97 Å². The first-order chi connectivity index (χ1) is 6.52. The molecule has 0 heterocycles. The minimum absolute atomic E-state index is 0.286. The summed E-state index contributed by atoms with van der Waals surface area (Å²) in [4.78, 5) is 10.3. The summed E-state index contributed by atoms with van der Waals surface area (Å²) >= 11 is 0. The number of aliphatic carboxylic acids is 1. The lowest BCUT2D eigenvalue weighted by Gasteiger charge is -2.06. The number of hydrogen-bond donors (Lipinski definition) is 1. The topological polar surface area (TPSA) is 37.3 Å². The summed E-state index contributed by atoms with van der Waals surface area (Å²) < 4.78 is 0. The first-order valence-corrected chi connectivity index (χ1v) is 5.06.